The van der Waals surface area contributed by atoms with E-state index in [-0.39, 0.29) is 5.75 Å². The molecule has 42 heavy (non-hydrogen) atoms. The summed E-state index contributed by atoms with van der Waals surface area (Å²) in [6.07, 6.45) is 5.28. The Balaban J connectivity index is 0.967. The summed E-state index contributed by atoms with van der Waals surface area (Å²) in [7, 11) is 0. The topological polar surface area (TPSA) is 85.8 Å². The Labute approximate surface area is 247 Å². The van der Waals surface area contributed by atoms with Gasteiger partial charge in [-0.05, 0) is 70.5 Å². The molecule has 1 aliphatic heterocycles. The monoisotopic (exact) mass is 559 g/mol. The number of benzene rings is 4. The predicted octanol–water partition coefficient (Wildman–Crippen LogP) is 6.52. The number of rotatable bonds is 11. The number of aromatic hydroxyl groups is 1. The molecule has 1 aliphatic carbocycles. The molecule has 1 heterocycles. The molecule has 6 heteroatoms. The normalized spacial score (nSPS) is 16.0. The molecular weight excluding hydrogens is 522 g/mol. The van der Waals surface area contributed by atoms with Gasteiger partial charge in [0.2, 0.25) is 0 Å². The molecule has 0 amide bonds. The lowest BCUT2D eigenvalue weighted by Gasteiger charge is -2.22. The SMILES string of the molecule is C=C1C=Cc2c(C(O)CNCc3ccc(COc4cccc(CNC5CCc6ccccc65)c4)cc3)ccc(O)c2N1. The van der Waals surface area contributed by atoms with Crippen LogP contribution in [0.2, 0.25) is 0 Å². The van der Waals surface area contributed by atoms with Crippen molar-refractivity contribution in [3.05, 3.63) is 142 Å². The van der Waals surface area contributed by atoms with Crippen molar-refractivity contribution in [1.29, 1.82) is 0 Å². The first-order chi connectivity index (χ1) is 20.5. The van der Waals surface area contributed by atoms with Crippen LogP contribution in [-0.4, -0.2) is 16.8 Å². The minimum Gasteiger partial charge on any atom is -0.506 e. The van der Waals surface area contributed by atoms with Crippen LogP contribution in [-0.2, 0) is 26.1 Å². The second-order valence-corrected chi connectivity index (χ2v) is 11.0. The molecule has 5 N–H and O–H groups in total. The van der Waals surface area contributed by atoms with Crippen molar-refractivity contribution in [2.24, 2.45) is 0 Å². The molecule has 2 atom stereocenters. The summed E-state index contributed by atoms with van der Waals surface area (Å²) in [5, 5.41) is 31.1. The number of aryl methyl sites for hydroxylation is 1. The molecule has 6 rings (SSSR count). The lowest BCUT2D eigenvalue weighted by Crippen LogP contribution is -2.22. The van der Waals surface area contributed by atoms with E-state index < -0.39 is 6.10 Å². The number of phenols is 1. The Kier molecular flexibility index (Phi) is 8.38. The zero-order chi connectivity index (χ0) is 28.9. The maximum atomic E-state index is 10.8. The fourth-order valence-corrected chi connectivity index (χ4v) is 5.75. The number of phenolic OH excluding ortho intramolecular Hbond substituents is 1. The maximum Gasteiger partial charge on any atom is 0.139 e. The first-order valence-electron chi connectivity index (χ1n) is 14.5. The predicted molar refractivity (Wildman–Crippen MR) is 168 cm³/mol. The fraction of sp³-hybridized carbons (Fsp3) is 0.222. The van der Waals surface area contributed by atoms with Crippen LogP contribution in [0.1, 0.15) is 57.5 Å². The van der Waals surface area contributed by atoms with Crippen molar-refractivity contribution < 1.29 is 14.9 Å². The number of ether oxygens (including phenoxy) is 1. The molecular formula is C36H37N3O3. The third-order valence-corrected chi connectivity index (χ3v) is 8.03. The van der Waals surface area contributed by atoms with Crippen LogP contribution in [0.25, 0.3) is 6.08 Å². The minimum atomic E-state index is -0.718. The number of hydrogen-bond acceptors (Lipinski definition) is 6. The van der Waals surface area contributed by atoms with E-state index in [9.17, 15) is 10.2 Å². The summed E-state index contributed by atoms with van der Waals surface area (Å²) in [6.45, 7) is 6.20. The quantitative estimate of drug-likeness (QED) is 0.135. The molecule has 4 aromatic rings. The number of nitrogens with one attached hydrogen (secondary N) is 3. The van der Waals surface area contributed by atoms with Gasteiger partial charge in [0.05, 0.1) is 11.8 Å². The van der Waals surface area contributed by atoms with Crippen molar-refractivity contribution in [3.63, 3.8) is 0 Å². The van der Waals surface area contributed by atoms with E-state index in [0.29, 0.717) is 37.1 Å². The smallest absolute Gasteiger partial charge is 0.139 e. The summed E-state index contributed by atoms with van der Waals surface area (Å²) < 4.78 is 6.11. The average Bonchev–Trinajstić information content (AvgIpc) is 3.43. The van der Waals surface area contributed by atoms with Gasteiger partial charge in [-0.1, -0.05) is 79.4 Å². The van der Waals surface area contributed by atoms with Crippen molar-refractivity contribution in [3.8, 4) is 11.5 Å². The van der Waals surface area contributed by atoms with Crippen LogP contribution in [0, 0.1) is 0 Å². The van der Waals surface area contributed by atoms with Crippen molar-refractivity contribution in [2.45, 2.75) is 44.7 Å². The van der Waals surface area contributed by atoms with Crippen molar-refractivity contribution in [2.75, 3.05) is 11.9 Å². The van der Waals surface area contributed by atoms with E-state index in [1.165, 1.54) is 16.7 Å². The van der Waals surface area contributed by atoms with Crippen molar-refractivity contribution in [1.82, 2.24) is 10.6 Å². The molecule has 2 aliphatic rings. The third kappa shape index (κ3) is 6.42. The highest BCUT2D eigenvalue weighted by Crippen LogP contribution is 2.37. The lowest BCUT2D eigenvalue weighted by atomic mass is 9.97. The van der Waals surface area contributed by atoms with E-state index in [4.69, 9.17) is 4.74 Å². The average molecular weight is 560 g/mol. The summed E-state index contributed by atoms with van der Waals surface area (Å²) in [6, 6.07) is 29.1. The summed E-state index contributed by atoms with van der Waals surface area (Å²) in [5.74, 6) is 1.01. The zero-order valence-corrected chi connectivity index (χ0v) is 23.6. The van der Waals surface area contributed by atoms with E-state index in [1.807, 2.05) is 18.2 Å². The molecule has 0 saturated heterocycles. The van der Waals surface area contributed by atoms with E-state index in [0.717, 1.165) is 47.4 Å². The zero-order valence-electron chi connectivity index (χ0n) is 23.6. The Morgan fingerprint density at radius 2 is 1.74 bits per heavy atom. The Bertz CT molecular complexity index is 1600. The highest BCUT2D eigenvalue weighted by atomic mass is 16.5. The number of anilines is 1. The summed E-state index contributed by atoms with van der Waals surface area (Å²) in [4.78, 5) is 0. The first-order valence-corrected chi connectivity index (χ1v) is 14.5. The van der Waals surface area contributed by atoms with Crippen LogP contribution in [0.4, 0.5) is 5.69 Å². The molecule has 214 valence electrons. The third-order valence-electron chi connectivity index (χ3n) is 8.03. The molecule has 4 aromatic carbocycles. The van der Waals surface area contributed by atoms with Gasteiger partial charge in [-0.3, -0.25) is 0 Å². The standard InChI is InChI=1S/C36H37N3O3/c1-24-9-15-32-31(16-18-34(40)36(32)39-24)35(41)22-37-20-25-10-12-26(13-11-25)23-42-29-7-4-5-27(19-29)21-38-33-17-14-28-6-2-3-8-30(28)33/h2-13,15-16,18-19,33,35,37-41H,1,14,17,20-23H2. The van der Waals surface area contributed by atoms with Gasteiger partial charge in [0.15, 0.2) is 0 Å². The number of aliphatic hydroxyl groups excluding tert-OH is 1. The van der Waals surface area contributed by atoms with Crippen LogP contribution in [0.15, 0.2) is 103 Å². The van der Waals surface area contributed by atoms with Crippen LogP contribution in [0.3, 0.4) is 0 Å². The minimum absolute atomic E-state index is 0.138. The Morgan fingerprint density at radius 1 is 0.905 bits per heavy atom. The van der Waals surface area contributed by atoms with Crippen molar-refractivity contribution >= 4 is 11.8 Å². The molecule has 0 fully saturated rings. The van der Waals surface area contributed by atoms with Gasteiger partial charge < -0.3 is 30.9 Å². The van der Waals surface area contributed by atoms with Crippen LogP contribution >= 0.6 is 0 Å². The number of allylic oxidation sites excluding steroid dienone is 1. The number of hydrogen-bond donors (Lipinski definition) is 5. The van der Waals surface area contributed by atoms with E-state index in [2.05, 4.69) is 89.3 Å². The van der Waals surface area contributed by atoms with Gasteiger partial charge in [0, 0.05) is 36.9 Å². The fourth-order valence-electron chi connectivity index (χ4n) is 5.75. The van der Waals surface area contributed by atoms with Gasteiger partial charge in [-0.15, -0.1) is 0 Å². The van der Waals surface area contributed by atoms with Crippen LogP contribution in [0.5, 0.6) is 11.5 Å². The maximum absolute atomic E-state index is 10.8. The molecule has 6 nitrogen and oxygen atoms in total. The molecule has 2 unspecified atom stereocenters. The molecule has 0 radical (unpaired) electrons. The lowest BCUT2D eigenvalue weighted by molar-refractivity contribution is 0.174. The first kappa shape index (κ1) is 27.8. The van der Waals surface area contributed by atoms with Crippen LogP contribution < -0.4 is 20.7 Å². The van der Waals surface area contributed by atoms with Gasteiger partial charge in [-0.25, -0.2) is 0 Å². The van der Waals surface area contributed by atoms with Gasteiger partial charge in [0.1, 0.15) is 18.1 Å². The second kappa shape index (κ2) is 12.7. The highest BCUT2D eigenvalue weighted by Gasteiger charge is 2.21. The molecule has 0 bridgehead atoms. The van der Waals surface area contributed by atoms with E-state index >= 15 is 0 Å². The second-order valence-electron chi connectivity index (χ2n) is 11.0. The Hall–Kier alpha value is -4.36. The highest BCUT2D eigenvalue weighted by molar-refractivity contribution is 5.81. The van der Waals surface area contributed by atoms with Gasteiger partial charge >= 0.3 is 0 Å². The number of aliphatic hydroxyl groups is 1. The molecule has 0 aromatic heterocycles. The van der Waals surface area contributed by atoms with Gasteiger partial charge in [-0.2, -0.15) is 0 Å². The van der Waals surface area contributed by atoms with Gasteiger partial charge in [0.25, 0.3) is 0 Å². The number of fused-ring (bicyclic) bond motifs is 2. The molecule has 0 saturated carbocycles. The largest absolute Gasteiger partial charge is 0.506 e. The van der Waals surface area contributed by atoms with E-state index in [1.54, 1.807) is 12.1 Å². The summed E-state index contributed by atoms with van der Waals surface area (Å²) >= 11 is 0. The Morgan fingerprint density at radius 3 is 2.62 bits per heavy atom. The summed E-state index contributed by atoms with van der Waals surface area (Å²) in [5.41, 5.74) is 9.13. The molecule has 0 spiro atoms.